The highest BCUT2D eigenvalue weighted by Crippen LogP contribution is 2.52. The van der Waals surface area contributed by atoms with Crippen LogP contribution in [0, 0.1) is 0 Å². The highest BCUT2D eigenvalue weighted by Gasteiger charge is 2.40. The van der Waals surface area contributed by atoms with Crippen LogP contribution in [0.2, 0.25) is 5.02 Å². The minimum Gasteiger partial charge on any atom is -0.354 e. The predicted molar refractivity (Wildman–Crippen MR) is 120 cm³/mol. The number of benzene rings is 4. The fraction of sp³-hybridized carbons (Fsp3) is 0. The van der Waals surface area contributed by atoms with Gasteiger partial charge in [-0.05, 0) is 35.4 Å². The molecule has 0 aromatic heterocycles. The van der Waals surface area contributed by atoms with E-state index in [0.29, 0.717) is 5.02 Å². The van der Waals surface area contributed by atoms with Crippen LogP contribution in [-0.2, 0) is 4.57 Å². The van der Waals surface area contributed by atoms with Crippen LogP contribution in [0.5, 0.6) is 0 Å². The van der Waals surface area contributed by atoms with E-state index < -0.39 is 7.14 Å². The number of para-hydroxylation sites is 1. The number of hydrogen-bond acceptors (Lipinski definition) is 2. The Morgan fingerprint density at radius 3 is 2.18 bits per heavy atom. The molecule has 0 bridgehead atoms. The van der Waals surface area contributed by atoms with E-state index >= 15 is 0 Å². The second-order valence-corrected chi connectivity index (χ2v) is 9.90. The molecule has 0 fully saturated rings. The summed E-state index contributed by atoms with van der Waals surface area (Å²) in [4.78, 5) is 0. The molecule has 4 aromatic carbocycles. The first kappa shape index (κ1) is 17.3. The summed E-state index contributed by atoms with van der Waals surface area (Å²) >= 11 is 6.30. The van der Waals surface area contributed by atoms with E-state index in [4.69, 9.17) is 11.6 Å². The summed E-state index contributed by atoms with van der Waals surface area (Å²) in [5.74, 6) is 0. The summed E-state index contributed by atoms with van der Waals surface area (Å²) in [6.45, 7) is 0. The third-order valence-corrected chi connectivity index (χ3v) is 8.62. The van der Waals surface area contributed by atoms with E-state index in [1.807, 2.05) is 84.9 Å². The van der Waals surface area contributed by atoms with E-state index in [2.05, 4.69) is 17.4 Å². The van der Waals surface area contributed by atoms with Crippen molar-refractivity contribution in [1.29, 1.82) is 0 Å². The molecule has 1 unspecified atom stereocenters. The lowest BCUT2D eigenvalue weighted by atomic mass is 10.1. The normalized spacial score (nSPS) is 17.0. The highest BCUT2D eigenvalue weighted by atomic mass is 35.5. The van der Waals surface area contributed by atoms with Gasteiger partial charge >= 0.3 is 0 Å². The first-order chi connectivity index (χ1) is 13.7. The Bertz CT molecular complexity index is 1240. The lowest BCUT2D eigenvalue weighted by molar-refractivity contribution is 0.593. The molecule has 28 heavy (non-hydrogen) atoms. The maximum Gasteiger partial charge on any atom is 0.172 e. The zero-order valence-corrected chi connectivity index (χ0v) is 16.6. The van der Waals surface area contributed by atoms with Crippen LogP contribution in [0.3, 0.4) is 0 Å². The number of rotatable bonds is 3. The molecule has 0 aliphatic carbocycles. The molecule has 1 aliphatic rings. The fourth-order valence-electron chi connectivity index (χ4n) is 3.84. The number of fused-ring (bicyclic) bond motifs is 3. The molecule has 0 saturated heterocycles. The van der Waals surface area contributed by atoms with Crippen molar-refractivity contribution in [3.05, 3.63) is 102 Å². The van der Waals surface area contributed by atoms with E-state index in [-0.39, 0.29) is 0 Å². The first-order valence-corrected chi connectivity index (χ1v) is 11.2. The third kappa shape index (κ3) is 2.61. The van der Waals surface area contributed by atoms with Gasteiger partial charge in [0.25, 0.3) is 0 Å². The third-order valence-electron chi connectivity index (χ3n) is 5.14. The van der Waals surface area contributed by atoms with Crippen molar-refractivity contribution in [2.24, 2.45) is 0 Å². The van der Waals surface area contributed by atoms with Crippen molar-refractivity contribution in [2.45, 2.75) is 0 Å². The van der Waals surface area contributed by atoms with Crippen LogP contribution in [-0.4, -0.2) is 0 Å². The molecule has 1 N–H and O–H groups in total. The van der Waals surface area contributed by atoms with Crippen molar-refractivity contribution < 1.29 is 4.57 Å². The molecule has 136 valence electrons. The van der Waals surface area contributed by atoms with E-state index in [0.717, 1.165) is 38.4 Å². The molecule has 0 spiro atoms. The lowest BCUT2D eigenvalue weighted by Crippen LogP contribution is -2.20. The Labute approximate surface area is 169 Å². The van der Waals surface area contributed by atoms with Gasteiger partial charge in [-0.3, -0.25) is 0 Å². The Hall–Kier alpha value is -2.80. The molecule has 1 aliphatic heterocycles. The van der Waals surface area contributed by atoms with Gasteiger partial charge in [0.15, 0.2) is 7.14 Å². The summed E-state index contributed by atoms with van der Waals surface area (Å²) in [7, 11) is -2.92. The maximum atomic E-state index is 14.5. The molecule has 4 heteroatoms. The monoisotopic (exact) mass is 401 g/mol. The van der Waals surface area contributed by atoms with E-state index in [9.17, 15) is 4.57 Å². The lowest BCUT2D eigenvalue weighted by Gasteiger charge is -2.17. The molecular weight excluding hydrogens is 385 g/mol. The van der Waals surface area contributed by atoms with Crippen molar-refractivity contribution in [3.63, 3.8) is 0 Å². The van der Waals surface area contributed by atoms with Gasteiger partial charge in [0.2, 0.25) is 0 Å². The van der Waals surface area contributed by atoms with Gasteiger partial charge in [0.1, 0.15) is 0 Å². The summed E-state index contributed by atoms with van der Waals surface area (Å²) < 4.78 is 14.5. The Morgan fingerprint density at radius 1 is 0.679 bits per heavy atom. The largest absolute Gasteiger partial charge is 0.354 e. The molecular formula is C24H17ClNOP. The van der Waals surface area contributed by atoms with Crippen molar-refractivity contribution in [3.8, 4) is 11.1 Å². The van der Waals surface area contributed by atoms with Gasteiger partial charge in [0, 0.05) is 21.6 Å². The van der Waals surface area contributed by atoms with Crippen LogP contribution in [0.1, 0.15) is 0 Å². The van der Waals surface area contributed by atoms with Crippen LogP contribution < -0.4 is 21.2 Å². The molecule has 0 radical (unpaired) electrons. The number of nitrogens with one attached hydrogen (secondary N) is 1. The maximum absolute atomic E-state index is 14.5. The minimum absolute atomic E-state index is 0.650. The van der Waals surface area contributed by atoms with Crippen molar-refractivity contribution in [2.75, 3.05) is 5.32 Å². The highest BCUT2D eigenvalue weighted by molar-refractivity contribution is 7.86. The zero-order valence-electron chi connectivity index (χ0n) is 15.0. The quantitative estimate of drug-likeness (QED) is 0.393. The summed E-state index contributed by atoms with van der Waals surface area (Å²) in [5, 5.41) is 6.65. The molecule has 1 heterocycles. The van der Waals surface area contributed by atoms with Crippen LogP contribution >= 0.6 is 18.7 Å². The average molecular weight is 402 g/mol. The molecule has 1 atom stereocenters. The van der Waals surface area contributed by atoms with Gasteiger partial charge in [-0.1, -0.05) is 84.4 Å². The Morgan fingerprint density at radius 2 is 1.36 bits per heavy atom. The molecule has 2 nitrogen and oxygen atoms in total. The summed E-state index contributed by atoms with van der Waals surface area (Å²) in [5.41, 5.74) is 3.78. The van der Waals surface area contributed by atoms with Gasteiger partial charge in [-0.25, -0.2) is 0 Å². The minimum atomic E-state index is -2.92. The SMILES string of the molecule is O=P1(c2ccccc2)c2ccccc2-c2ccc(Nc3ccccc3Cl)cc21. The number of halogens is 1. The Kier molecular flexibility index (Phi) is 4.12. The zero-order chi connectivity index (χ0) is 19.1. The molecule has 0 saturated carbocycles. The van der Waals surface area contributed by atoms with Gasteiger partial charge in [-0.2, -0.15) is 0 Å². The first-order valence-electron chi connectivity index (χ1n) is 9.10. The summed E-state index contributed by atoms with van der Waals surface area (Å²) in [6, 6.07) is 31.5. The topological polar surface area (TPSA) is 29.1 Å². The van der Waals surface area contributed by atoms with Crippen LogP contribution in [0.4, 0.5) is 11.4 Å². The second kappa shape index (κ2) is 6.67. The van der Waals surface area contributed by atoms with Gasteiger partial charge in [-0.15, -0.1) is 0 Å². The fourth-order valence-corrected chi connectivity index (χ4v) is 7.11. The van der Waals surface area contributed by atoms with Crippen molar-refractivity contribution in [1.82, 2.24) is 0 Å². The standard InChI is InChI=1S/C24H17ClNOP/c25-21-11-5-6-12-22(21)26-17-14-15-20-19-10-4-7-13-23(19)28(27,24(20)16-17)18-8-2-1-3-9-18/h1-16,26H. The predicted octanol–water partition coefficient (Wildman–Crippen LogP) is 5.70. The molecule has 4 aromatic rings. The van der Waals surface area contributed by atoms with E-state index in [1.165, 1.54) is 0 Å². The van der Waals surface area contributed by atoms with Gasteiger partial charge in [0.05, 0.1) is 10.7 Å². The van der Waals surface area contributed by atoms with Gasteiger partial charge < -0.3 is 9.88 Å². The molecule has 5 rings (SSSR count). The number of anilines is 2. The van der Waals surface area contributed by atoms with Crippen molar-refractivity contribution >= 4 is 46.0 Å². The number of hydrogen-bond donors (Lipinski definition) is 1. The average Bonchev–Trinajstić information content (AvgIpc) is 3.00. The second-order valence-electron chi connectivity index (χ2n) is 6.80. The van der Waals surface area contributed by atoms with Crippen LogP contribution in [0.15, 0.2) is 97.1 Å². The van der Waals surface area contributed by atoms with E-state index in [1.54, 1.807) is 0 Å². The molecule has 0 amide bonds. The Balaban J connectivity index is 1.70. The summed E-state index contributed by atoms with van der Waals surface area (Å²) in [6.07, 6.45) is 0. The van der Waals surface area contributed by atoms with Crippen LogP contribution in [0.25, 0.3) is 11.1 Å². The smallest absolute Gasteiger partial charge is 0.172 e.